The molecule has 1 unspecified atom stereocenters. The molecule has 1 N–H and O–H groups in total. The van der Waals surface area contributed by atoms with Crippen molar-refractivity contribution in [3.63, 3.8) is 0 Å². The quantitative estimate of drug-likeness (QED) is 0.102. The molecule has 216 valence electrons. The lowest BCUT2D eigenvalue weighted by molar-refractivity contribution is -0.140. The van der Waals surface area contributed by atoms with Crippen molar-refractivity contribution in [1.29, 1.82) is 0 Å². The molecule has 3 aromatic carbocycles. The van der Waals surface area contributed by atoms with Crippen molar-refractivity contribution in [3.8, 4) is 17.2 Å². The Kier molecular flexibility index (Phi) is 10.6. The largest absolute Gasteiger partial charge is 0.507 e. The molecule has 1 amide bonds. The van der Waals surface area contributed by atoms with Gasteiger partial charge < -0.3 is 24.4 Å². The number of Topliss-reactive ketones (excluding diaryl/α,β-unsaturated/α-hetero) is 1. The maximum atomic E-state index is 13.5. The lowest BCUT2D eigenvalue weighted by Gasteiger charge is -2.27. The van der Waals surface area contributed by atoms with E-state index in [0.29, 0.717) is 47.9 Å². The van der Waals surface area contributed by atoms with Crippen LogP contribution in [0.5, 0.6) is 17.2 Å². The van der Waals surface area contributed by atoms with Crippen molar-refractivity contribution >= 4 is 17.4 Å². The molecule has 0 saturated carbocycles. The summed E-state index contributed by atoms with van der Waals surface area (Å²) in [6.07, 6.45) is 2.62. The number of carbonyl (C=O) groups is 2. The Bertz CT molecular complexity index is 1350. The van der Waals surface area contributed by atoms with E-state index in [-0.39, 0.29) is 11.3 Å². The Labute approximate surface area is 243 Å². The summed E-state index contributed by atoms with van der Waals surface area (Å²) in [5.74, 6) is 0.343. The molecule has 1 aliphatic rings. The van der Waals surface area contributed by atoms with Gasteiger partial charge in [-0.25, -0.2) is 0 Å². The third kappa shape index (κ3) is 7.35. The molecule has 1 saturated heterocycles. The summed E-state index contributed by atoms with van der Waals surface area (Å²) in [6, 6.07) is 23.1. The molecule has 0 radical (unpaired) electrons. The van der Waals surface area contributed by atoms with Gasteiger partial charge in [0, 0.05) is 12.1 Å². The highest BCUT2D eigenvalue weighted by molar-refractivity contribution is 6.46. The molecule has 1 aliphatic heterocycles. The van der Waals surface area contributed by atoms with E-state index in [9.17, 15) is 14.7 Å². The van der Waals surface area contributed by atoms with E-state index in [4.69, 9.17) is 9.47 Å². The summed E-state index contributed by atoms with van der Waals surface area (Å²) < 4.78 is 11.9. The Morgan fingerprint density at radius 1 is 0.854 bits per heavy atom. The number of rotatable bonds is 14. The second-order valence-corrected chi connectivity index (χ2v) is 10.1. The minimum Gasteiger partial charge on any atom is -0.507 e. The minimum absolute atomic E-state index is 0.0698. The number of likely N-dealkylation sites (tertiary alicyclic amines) is 1. The van der Waals surface area contributed by atoms with Crippen molar-refractivity contribution in [1.82, 2.24) is 9.80 Å². The van der Waals surface area contributed by atoms with Crippen LogP contribution >= 0.6 is 0 Å². The molecule has 7 nitrogen and oxygen atoms in total. The van der Waals surface area contributed by atoms with Crippen molar-refractivity contribution in [3.05, 3.63) is 95.6 Å². The van der Waals surface area contributed by atoms with Crippen LogP contribution in [-0.4, -0.2) is 59.4 Å². The SMILES string of the molecule is CCCCOc1cccc(/C(O)=C2\C(=O)C(=O)N(CCCN(CC)CC)C2c2cccc(Oc3ccccc3)c2)c1. The summed E-state index contributed by atoms with van der Waals surface area (Å²) in [5, 5.41) is 11.5. The average molecular weight is 557 g/mol. The normalized spacial score (nSPS) is 16.4. The number of para-hydroxylation sites is 1. The van der Waals surface area contributed by atoms with E-state index >= 15 is 0 Å². The molecule has 0 bridgehead atoms. The van der Waals surface area contributed by atoms with Crippen LogP contribution in [0.3, 0.4) is 0 Å². The first-order valence-corrected chi connectivity index (χ1v) is 14.5. The zero-order chi connectivity index (χ0) is 29.2. The predicted molar refractivity (Wildman–Crippen MR) is 161 cm³/mol. The lowest BCUT2D eigenvalue weighted by atomic mass is 9.95. The Morgan fingerprint density at radius 2 is 1.56 bits per heavy atom. The third-order valence-electron chi connectivity index (χ3n) is 7.33. The van der Waals surface area contributed by atoms with Crippen LogP contribution in [0, 0.1) is 0 Å². The van der Waals surface area contributed by atoms with Gasteiger partial charge in [0.15, 0.2) is 0 Å². The topological polar surface area (TPSA) is 79.3 Å². The Morgan fingerprint density at radius 3 is 2.29 bits per heavy atom. The number of aliphatic hydroxyl groups excluding tert-OH is 1. The predicted octanol–water partition coefficient (Wildman–Crippen LogP) is 6.81. The molecule has 4 rings (SSSR count). The second-order valence-electron chi connectivity index (χ2n) is 10.1. The highest BCUT2D eigenvalue weighted by atomic mass is 16.5. The smallest absolute Gasteiger partial charge is 0.295 e. The molecule has 0 aromatic heterocycles. The number of ketones is 1. The zero-order valence-electron chi connectivity index (χ0n) is 24.2. The first kappa shape index (κ1) is 29.9. The van der Waals surface area contributed by atoms with Crippen LogP contribution in [-0.2, 0) is 9.59 Å². The van der Waals surface area contributed by atoms with Crippen LogP contribution < -0.4 is 9.47 Å². The summed E-state index contributed by atoms with van der Waals surface area (Å²) in [7, 11) is 0. The monoisotopic (exact) mass is 556 g/mol. The van der Waals surface area contributed by atoms with Crippen LogP contribution in [0.1, 0.15) is 57.2 Å². The third-order valence-corrected chi connectivity index (χ3v) is 7.33. The summed E-state index contributed by atoms with van der Waals surface area (Å²) in [6.45, 7) is 9.87. The number of nitrogens with zero attached hydrogens (tertiary/aromatic N) is 2. The van der Waals surface area contributed by atoms with Crippen molar-refractivity contribution in [2.24, 2.45) is 0 Å². The number of amides is 1. The van der Waals surface area contributed by atoms with Crippen molar-refractivity contribution < 1.29 is 24.2 Å². The maximum absolute atomic E-state index is 13.5. The first-order chi connectivity index (χ1) is 20.0. The standard InChI is InChI=1S/C34H40N2O5/c1-4-7-22-40-28-18-12-15-26(24-28)32(37)30-31(36(34(39)33(30)38)21-13-20-35(5-2)6-3)25-14-11-19-29(23-25)41-27-16-9-8-10-17-27/h8-12,14-19,23-24,31,37H,4-7,13,20-22H2,1-3H3/b32-30+. The fourth-order valence-electron chi connectivity index (χ4n) is 5.06. The molecule has 7 heteroatoms. The van der Waals surface area contributed by atoms with E-state index in [1.165, 1.54) is 0 Å². The van der Waals surface area contributed by atoms with E-state index in [2.05, 4.69) is 25.7 Å². The van der Waals surface area contributed by atoms with Gasteiger partial charge in [0.25, 0.3) is 11.7 Å². The van der Waals surface area contributed by atoms with Gasteiger partial charge >= 0.3 is 0 Å². The number of unbranched alkanes of at least 4 members (excludes halogenated alkanes) is 1. The number of aliphatic hydroxyl groups is 1. The first-order valence-electron chi connectivity index (χ1n) is 14.5. The van der Waals surface area contributed by atoms with Crippen LogP contribution in [0.25, 0.3) is 5.76 Å². The van der Waals surface area contributed by atoms with Crippen LogP contribution in [0.2, 0.25) is 0 Å². The minimum atomic E-state index is -0.754. The number of ether oxygens (including phenoxy) is 2. The summed E-state index contributed by atoms with van der Waals surface area (Å²) in [5.41, 5.74) is 1.19. The molecular weight excluding hydrogens is 516 g/mol. The molecule has 1 fully saturated rings. The highest BCUT2D eigenvalue weighted by Crippen LogP contribution is 2.41. The molecule has 1 atom stereocenters. The van der Waals surface area contributed by atoms with Gasteiger partial charge in [-0.1, -0.05) is 69.7 Å². The lowest BCUT2D eigenvalue weighted by Crippen LogP contribution is -2.33. The van der Waals surface area contributed by atoms with Crippen molar-refractivity contribution in [2.45, 2.75) is 46.1 Å². The molecule has 0 spiro atoms. The number of hydrogen-bond acceptors (Lipinski definition) is 6. The van der Waals surface area contributed by atoms with Gasteiger partial charge in [-0.3, -0.25) is 9.59 Å². The molecule has 41 heavy (non-hydrogen) atoms. The van der Waals surface area contributed by atoms with E-state index in [1.54, 1.807) is 23.1 Å². The van der Waals surface area contributed by atoms with Gasteiger partial charge in [-0.05, 0) is 74.4 Å². The fraction of sp³-hybridized carbons (Fsp3) is 0.353. The summed E-state index contributed by atoms with van der Waals surface area (Å²) >= 11 is 0. The van der Waals surface area contributed by atoms with E-state index < -0.39 is 17.7 Å². The highest BCUT2D eigenvalue weighted by Gasteiger charge is 2.46. The van der Waals surface area contributed by atoms with Crippen molar-refractivity contribution in [2.75, 3.05) is 32.8 Å². The number of hydrogen-bond donors (Lipinski definition) is 1. The molecular formula is C34H40N2O5. The average Bonchev–Trinajstić information content (AvgIpc) is 3.25. The number of benzene rings is 3. The van der Waals surface area contributed by atoms with Gasteiger partial charge in [-0.15, -0.1) is 0 Å². The number of carbonyl (C=O) groups excluding carboxylic acids is 2. The fourth-order valence-corrected chi connectivity index (χ4v) is 5.06. The Hall–Kier alpha value is -4.10. The van der Waals surface area contributed by atoms with E-state index in [0.717, 1.165) is 32.5 Å². The van der Waals surface area contributed by atoms with Gasteiger partial charge in [0.1, 0.15) is 23.0 Å². The molecule has 3 aromatic rings. The van der Waals surface area contributed by atoms with Crippen LogP contribution in [0.4, 0.5) is 0 Å². The second kappa shape index (κ2) is 14.5. The van der Waals surface area contributed by atoms with Gasteiger partial charge in [0.2, 0.25) is 0 Å². The molecule has 0 aliphatic carbocycles. The van der Waals surface area contributed by atoms with Gasteiger partial charge in [0.05, 0.1) is 18.2 Å². The zero-order valence-corrected chi connectivity index (χ0v) is 24.2. The Balaban J connectivity index is 1.72. The summed E-state index contributed by atoms with van der Waals surface area (Å²) in [4.78, 5) is 30.8. The molecule has 1 heterocycles. The van der Waals surface area contributed by atoms with Gasteiger partial charge in [-0.2, -0.15) is 0 Å². The van der Waals surface area contributed by atoms with E-state index in [1.807, 2.05) is 60.7 Å². The maximum Gasteiger partial charge on any atom is 0.295 e. The van der Waals surface area contributed by atoms with Crippen LogP contribution in [0.15, 0.2) is 84.4 Å².